The van der Waals surface area contributed by atoms with E-state index in [1.54, 1.807) is 6.54 Å². The molecule has 0 aromatic rings. The maximum atomic E-state index is 11.2. The molecule has 0 aromatic carbocycles. The number of rotatable bonds is 4. The van der Waals surface area contributed by atoms with E-state index in [0.717, 1.165) is 0 Å². The Morgan fingerprint density at radius 1 is 1.33 bits per heavy atom. The first-order valence-electron chi connectivity index (χ1n) is 4.34. The summed E-state index contributed by atoms with van der Waals surface area (Å²) in [6.07, 6.45) is 0. The van der Waals surface area contributed by atoms with Crippen LogP contribution in [0.15, 0.2) is 0 Å². The third-order valence-electron chi connectivity index (χ3n) is 1.58. The number of carbonyl (C=O) groups is 1. The Bertz CT molecular complexity index is 143. The lowest BCUT2D eigenvalue weighted by molar-refractivity contribution is -0.122. The van der Waals surface area contributed by atoms with Crippen LogP contribution in [0.5, 0.6) is 0 Å². The van der Waals surface area contributed by atoms with E-state index in [2.05, 4.69) is 5.32 Å². The number of hydrogen-bond acceptors (Lipinski definition) is 2. The second-order valence-corrected chi connectivity index (χ2v) is 3.69. The van der Waals surface area contributed by atoms with Gasteiger partial charge in [0.15, 0.2) is 0 Å². The fourth-order valence-electron chi connectivity index (χ4n) is 0.648. The Labute approximate surface area is 74.7 Å². The molecule has 1 amide bonds. The quantitative estimate of drug-likeness (QED) is 0.660. The van der Waals surface area contributed by atoms with Gasteiger partial charge in [0, 0.05) is 0 Å². The molecule has 0 aliphatic heterocycles. The first-order chi connectivity index (χ1) is 5.45. The number of hydrogen-bond donors (Lipinski definition) is 2. The first-order valence-corrected chi connectivity index (χ1v) is 4.34. The molecule has 3 N–H and O–H groups in total. The van der Waals surface area contributed by atoms with Gasteiger partial charge in [0.2, 0.25) is 5.91 Å². The molecule has 12 heavy (non-hydrogen) atoms. The Hall–Kier alpha value is -0.570. The third-order valence-corrected chi connectivity index (χ3v) is 1.58. The van der Waals surface area contributed by atoms with Crippen molar-refractivity contribution in [1.82, 2.24) is 5.32 Å². The molecule has 0 bridgehead atoms. The Morgan fingerprint density at radius 3 is 2.17 bits per heavy atom. The SMILES string of the molecule is CC(C)[CH]NC(=O)[C@H](N)C(C)C. The van der Waals surface area contributed by atoms with E-state index in [4.69, 9.17) is 5.73 Å². The fraction of sp³-hybridized carbons (Fsp3) is 0.778. The summed E-state index contributed by atoms with van der Waals surface area (Å²) in [6, 6.07) is -0.403. The highest BCUT2D eigenvalue weighted by Gasteiger charge is 2.16. The highest BCUT2D eigenvalue weighted by molar-refractivity contribution is 5.82. The molecule has 0 saturated heterocycles. The van der Waals surface area contributed by atoms with Gasteiger partial charge in [0.25, 0.3) is 0 Å². The number of carbonyl (C=O) groups excluding carboxylic acids is 1. The largest absolute Gasteiger partial charge is 0.350 e. The minimum atomic E-state index is -0.403. The number of nitrogens with one attached hydrogen (secondary N) is 1. The summed E-state index contributed by atoms with van der Waals surface area (Å²) < 4.78 is 0. The van der Waals surface area contributed by atoms with Crippen LogP contribution in [-0.4, -0.2) is 11.9 Å². The molecule has 0 saturated carbocycles. The molecular weight excluding hydrogens is 152 g/mol. The van der Waals surface area contributed by atoms with Gasteiger partial charge in [-0.3, -0.25) is 4.79 Å². The van der Waals surface area contributed by atoms with E-state index in [1.165, 1.54) is 0 Å². The van der Waals surface area contributed by atoms with E-state index in [9.17, 15) is 4.79 Å². The van der Waals surface area contributed by atoms with Gasteiger partial charge in [0.1, 0.15) is 0 Å². The van der Waals surface area contributed by atoms with E-state index < -0.39 is 6.04 Å². The monoisotopic (exact) mass is 171 g/mol. The smallest absolute Gasteiger partial charge is 0.237 e. The minimum absolute atomic E-state index is 0.0984. The van der Waals surface area contributed by atoms with Gasteiger partial charge in [-0.2, -0.15) is 0 Å². The van der Waals surface area contributed by atoms with E-state index >= 15 is 0 Å². The average molecular weight is 171 g/mol. The van der Waals surface area contributed by atoms with Gasteiger partial charge in [0.05, 0.1) is 12.6 Å². The Kier molecular flexibility index (Phi) is 4.90. The maximum Gasteiger partial charge on any atom is 0.237 e. The van der Waals surface area contributed by atoms with Gasteiger partial charge in [-0.15, -0.1) is 0 Å². The first kappa shape index (κ1) is 11.4. The second-order valence-electron chi connectivity index (χ2n) is 3.69. The zero-order valence-corrected chi connectivity index (χ0v) is 8.29. The lowest BCUT2D eigenvalue weighted by Crippen LogP contribution is -2.43. The highest BCUT2D eigenvalue weighted by Crippen LogP contribution is 1.99. The molecule has 0 rings (SSSR count). The fourth-order valence-corrected chi connectivity index (χ4v) is 0.648. The standard InChI is InChI=1S/C9H19N2O/c1-6(2)5-11-9(12)8(10)7(3)4/h5-8H,10H2,1-4H3,(H,11,12)/t8-/m1/s1. The zero-order valence-electron chi connectivity index (χ0n) is 8.29. The Balaban J connectivity index is 3.72. The van der Waals surface area contributed by atoms with Crippen molar-refractivity contribution < 1.29 is 4.79 Å². The topological polar surface area (TPSA) is 55.1 Å². The molecule has 0 unspecified atom stereocenters. The van der Waals surface area contributed by atoms with Crippen LogP contribution in [-0.2, 0) is 4.79 Å². The molecule has 71 valence electrons. The van der Waals surface area contributed by atoms with Gasteiger partial charge < -0.3 is 11.1 Å². The van der Waals surface area contributed by atoms with Crippen LogP contribution in [0.4, 0.5) is 0 Å². The van der Waals surface area contributed by atoms with Crippen molar-refractivity contribution in [3.63, 3.8) is 0 Å². The van der Waals surface area contributed by atoms with Crippen molar-refractivity contribution >= 4 is 5.91 Å². The third kappa shape index (κ3) is 4.34. The molecule has 0 aliphatic rings. The van der Waals surface area contributed by atoms with Gasteiger partial charge in [-0.1, -0.05) is 27.7 Å². The van der Waals surface area contributed by atoms with Crippen LogP contribution in [0.3, 0.4) is 0 Å². The van der Waals surface area contributed by atoms with Crippen molar-refractivity contribution in [2.24, 2.45) is 17.6 Å². The Morgan fingerprint density at radius 2 is 1.83 bits per heavy atom. The van der Waals surface area contributed by atoms with Crippen molar-refractivity contribution in [3.05, 3.63) is 6.54 Å². The van der Waals surface area contributed by atoms with Crippen LogP contribution in [0.1, 0.15) is 27.7 Å². The van der Waals surface area contributed by atoms with Crippen LogP contribution in [0, 0.1) is 18.4 Å². The number of amides is 1. The predicted molar refractivity (Wildman–Crippen MR) is 50.1 cm³/mol. The van der Waals surface area contributed by atoms with Crippen molar-refractivity contribution in [2.75, 3.05) is 0 Å². The molecular formula is C9H19N2O. The molecule has 0 fully saturated rings. The van der Waals surface area contributed by atoms with Crippen LogP contribution in [0.2, 0.25) is 0 Å². The van der Waals surface area contributed by atoms with Crippen molar-refractivity contribution in [3.8, 4) is 0 Å². The average Bonchev–Trinajstić information content (AvgIpc) is 1.98. The molecule has 0 aromatic heterocycles. The molecule has 1 radical (unpaired) electrons. The summed E-state index contributed by atoms with van der Waals surface area (Å²) in [7, 11) is 0. The molecule has 0 aliphatic carbocycles. The molecule has 0 heterocycles. The number of nitrogens with two attached hydrogens (primary N) is 1. The zero-order chi connectivity index (χ0) is 9.72. The predicted octanol–water partition coefficient (Wildman–Crippen LogP) is 0.904. The highest BCUT2D eigenvalue weighted by atomic mass is 16.2. The van der Waals surface area contributed by atoms with E-state index in [0.29, 0.717) is 5.92 Å². The van der Waals surface area contributed by atoms with Crippen molar-refractivity contribution in [2.45, 2.75) is 33.7 Å². The maximum absolute atomic E-state index is 11.2. The summed E-state index contributed by atoms with van der Waals surface area (Å²) in [6.45, 7) is 9.62. The summed E-state index contributed by atoms with van der Waals surface area (Å²) in [4.78, 5) is 11.2. The van der Waals surface area contributed by atoms with Gasteiger partial charge in [-0.25, -0.2) is 0 Å². The normalized spacial score (nSPS) is 13.6. The van der Waals surface area contributed by atoms with Crippen molar-refractivity contribution in [1.29, 1.82) is 0 Å². The molecule has 3 heteroatoms. The van der Waals surface area contributed by atoms with Crippen LogP contribution >= 0.6 is 0 Å². The summed E-state index contributed by atoms with van der Waals surface area (Å²) in [5.74, 6) is 0.442. The minimum Gasteiger partial charge on any atom is -0.350 e. The lowest BCUT2D eigenvalue weighted by Gasteiger charge is -2.15. The van der Waals surface area contributed by atoms with Gasteiger partial charge in [-0.05, 0) is 11.8 Å². The molecule has 1 atom stereocenters. The lowest BCUT2D eigenvalue weighted by atomic mass is 10.0. The van der Waals surface area contributed by atoms with Crippen LogP contribution in [0.25, 0.3) is 0 Å². The second kappa shape index (κ2) is 5.14. The van der Waals surface area contributed by atoms with Gasteiger partial charge >= 0.3 is 0 Å². The summed E-state index contributed by atoms with van der Waals surface area (Å²) in [5.41, 5.74) is 5.61. The molecule has 3 nitrogen and oxygen atoms in total. The molecule has 0 spiro atoms. The van der Waals surface area contributed by atoms with Crippen LogP contribution < -0.4 is 11.1 Å². The summed E-state index contributed by atoms with van der Waals surface area (Å²) >= 11 is 0. The van der Waals surface area contributed by atoms with E-state index in [1.807, 2.05) is 27.7 Å². The summed E-state index contributed by atoms with van der Waals surface area (Å²) in [5, 5.41) is 2.67. The van der Waals surface area contributed by atoms with E-state index in [-0.39, 0.29) is 11.8 Å².